The molecule has 2 aliphatic carbocycles. The lowest BCUT2D eigenvalue weighted by molar-refractivity contribution is -0.128. The highest BCUT2D eigenvalue weighted by molar-refractivity contribution is 5.96. The lowest BCUT2D eigenvalue weighted by Gasteiger charge is -2.37. The summed E-state index contributed by atoms with van der Waals surface area (Å²) in [5.74, 6) is 2.34. The fourth-order valence-corrected chi connectivity index (χ4v) is 4.08. The number of ether oxygens (including phenoxy) is 1. The summed E-state index contributed by atoms with van der Waals surface area (Å²) in [6, 6.07) is 7.83. The fourth-order valence-electron chi connectivity index (χ4n) is 4.08. The van der Waals surface area contributed by atoms with Crippen LogP contribution in [-0.4, -0.2) is 25.6 Å². The van der Waals surface area contributed by atoms with Crippen molar-refractivity contribution in [3.8, 4) is 5.75 Å². The number of nitrogens with one attached hydrogen (secondary N) is 2. The normalized spacial score (nSPS) is 29.8. The van der Waals surface area contributed by atoms with Crippen molar-refractivity contribution in [3.63, 3.8) is 0 Å². The third-order valence-corrected chi connectivity index (χ3v) is 5.79. The molecule has 1 aromatic rings. The molecule has 3 fully saturated rings. The third kappa shape index (κ3) is 3.09. The molecule has 1 heterocycles. The molecule has 0 aromatic heterocycles. The van der Waals surface area contributed by atoms with Gasteiger partial charge in [-0.3, -0.25) is 4.79 Å². The van der Waals surface area contributed by atoms with Crippen LogP contribution >= 0.6 is 0 Å². The second-order valence-electron chi connectivity index (χ2n) is 7.46. The number of hydrogen-bond acceptors (Lipinski definition) is 3. The molecule has 0 spiro atoms. The molecule has 1 aromatic carbocycles. The van der Waals surface area contributed by atoms with Crippen molar-refractivity contribution in [1.29, 1.82) is 0 Å². The molecule has 2 saturated carbocycles. The van der Waals surface area contributed by atoms with E-state index in [9.17, 15) is 4.79 Å². The first kappa shape index (κ1) is 15.0. The van der Waals surface area contributed by atoms with Gasteiger partial charge in [0, 0.05) is 12.2 Å². The molecule has 23 heavy (non-hydrogen) atoms. The van der Waals surface area contributed by atoms with Gasteiger partial charge in [-0.1, -0.05) is 12.8 Å². The van der Waals surface area contributed by atoms with E-state index in [2.05, 4.69) is 10.6 Å². The molecule has 2 N–H and O–H groups in total. The zero-order valence-corrected chi connectivity index (χ0v) is 13.6. The van der Waals surface area contributed by atoms with E-state index >= 15 is 0 Å². The molecule has 4 rings (SSSR count). The number of carbonyl (C=O) groups excluding carboxylic acids is 1. The van der Waals surface area contributed by atoms with Crippen LogP contribution in [0.4, 0.5) is 5.69 Å². The van der Waals surface area contributed by atoms with Crippen LogP contribution in [0.5, 0.6) is 5.75 Å². The Hall–Kier alpha value is -1.55. The molecule has 4 nitrogen and oxygen atoms in total. The van der Waals surface area contributed by atoms with E-state index in [0.717, 1.165) is 43.5 Å². The largest absolute Gasteiger partial charge is 0.493 e. The maximum absolute atomic E-state index is 12.9. The molecular weight excluding hydrogens is 288 g/mol. The Morgan fingerprint density at radius 3 is 2.83 bits per heavy atom. The lowest BCUT2D eigenvalue weighted by atomic mass is 9.67. The van der Waals surface area contributed by atoms with Crippen molar-refractivity contribution in [2.24, 2.45) is 17.3 Å². The lowest BCUT2D eigenvalue weighted by Crippen LogP contribution is -2.44. The molecule has 124 valence electrons. The number of anilines is 1. The third-order valence-electron chi connectivity index (χ3n) is 5.79. The maximum atomic E-state index is 12.9. The molecule has 3 aliphatic rings. The summed E-state index contributed by atoms with van der Waals surface area (Å²) < 4.78 is 5.75. The van der Waals surface area contributed by atoms with Crippen molar-refractivity contribution >= 4 is 11.6 Å². The fraction of sp³-hybridized carbons (Fsp3) is 0.632. The molecule has 1 saturated heterocycles. The molecule has 0 radical (unpaired) electrons. The monoisotopic (exact) mass is 314 g/mol. The standard InChI is InChI=1S/C19H26N2O2/c22-18(19-10-2-1-3-15(19)11-20-13-19)21-16-6-8-17(9-7-16)23-12-14-4-5-14/h6-9,14-15,20H,1-5,10-13H2,(H,21,22)/t15-,19+/m0/s1. The summed E-state index contributed by atoms with van der Waals surface area (Å²) in [5, 5.41) is 6.58. The van der Waals surface area contributed by atoms with Gasteiger partial charge in [0.15, 0.2) is 0 Å². The van der Waals surface area contributed by atoms with Gasteiger partial charge >= 0.3 is 0 Å². The zero-order chi connectivity index (χ0) is 15.7. The number of fused-ring (bicyclic) bond motifs is 1. The molecule has 4 heteroatoms. The Morgan fingerprint density at radius 2 is 2.04 bits per heavy atom. The SMILES string of the molecule is O=C(Nc1ccc(OCC2CC2)cc1)[C@@]12CCCC[C@H]1CNC2. The van der Waals surface area contributed by atoms with Crippen molar-refractivity contribution in [3.05, 3.63) is 24.3 Å². The van der Waals surface area contributed by atoms with Gasteiger partial charge in [0.25, 0.3) is 0 Å². The van der Waals surface area contributed by atoms with Gasteiger partial charge < -0.3 is 15.4 Å². The minimum atomic E-state index is -0.195. The van der Waals surface area contributed by atoms with Crippen molar-refractivity contribution < 1.29 is 9.53 Å². The minimum Gasteiger partial charge on any atom is -0.493 e. The highest BCUT2D eigenvalue weighted by Crippen LogP contribution is 2.44. The average Bonchev–Trinajstić information content (AvgIpc) is 3.30. The smallest absolute Gasteiger partial charge is 0.232 e. The van der Waals surface area contributed by atoms with E-state index in [1.54, 1.807) is 0 Å². The Labute approximate surface area is 138 Å². The topological polar surface area (TPSA) is 50.4 Å². The van der Waals surface area contributed by atoms with Gasteiger partial charge in [0.2, 0.25) is 5.91 Å². The Kier molecular flexibility index (Phi) is 4.02. The Balaban J connectivity index is 1.39. The second kappa shape index (κ2) is 6.16. The summed E-state index contributed by atoms with van der Waals surface area (Å²) in [7, 11) is 0. The molecule has 0 bridgehead atoms. The van der Waals surface area contributed by atoms with Gasteiger partial charge in [-0.25, -0.2) is 0 Å². The summed E-state index contributed by atoms with van der Waals surface area (Å²) in [5.41, 5.74) is 0.679. The highest BCUT2D eigenvalue weighted by Gasteiger charge is 2.49. The highest BCUT2D eigenvalue weighted by atomic mass is 16.5. The predicted molar refractivity (Wildman–Crippen MR) is 90.6 cm³/mol. The van der Waals surface area contributed by atoms with Crippen LogP contribution in [0.25, 0.3) is 0 Å². The number of benzene rings is 1. The summed E-state index contributed by atoms with van der Waals surface area (Å²) in [6.45, 7) is 2.63. The first-order chi connectivity index (χ1) is 11.3. The van der Waals surface area contributed by atoms with Crippen LogP contribution in [0, 0.1) is 17.3 Å². The van der Waals surface area contributed by atoms with E-state index in [1.807, 2.05) is 24.3 Å². The van der Waals surface area contributed by atoms with Gasteiger partial charge in [0.05, 0.1) is 12.0 Å². The van der Waals surface area contributed by atoms with Crippen LogP contribution in [0.3, 0.4) is 0 Å². The van der Waals surface area contributed by atoms with Gasteiger partial charge in [0.1, 0.15) is 5.75 Å². The summed E-state index contributed by atoms with van der Waals surface area (Å²) in [4.78, 5) is 12.9. The molecule has 1 amide bonds. The van der Waals surface area contributed by atoms with Crippen molar-refractivity contribution in [2.45, 2.75) is 38.5 Å². The number of carbonyl (C=O) groups is 1. The van der Waals surface area contributed by atoms with Crippen LogP contribution < -0.4 is 15.4 Å². The first-order valence-electron chi connectivity index (χ1n) is 9.01. The zero-order valence-electron chi connectivity index (χ0n) is 13.6. The van der Waals surface area contributed by atoms with Crippen LogP contribution in [0.2, 0.25) is 0 Å². The van der Waals surface area contributed by atoms with Gasteiger partial charge in [-0.05, 0) is 68.3 Å². The Bertz CT molecular complexity index is 567. The Morgan fingerprint density at radius 1 is 1.22 bits per heavy atom. The summed E-state index contributed by atoms with van der Waals surface area (Å²) in [6.07, 6.45) is 7.21. The van der Waals surface area contributed by atoms with E-state index in [1.165, 1.54) is 32.1 Å². The number of amides is 1. The van der Waals surface area contributed by atoms with Crippen molar-refractivity contribution in [1.82, 2.24) is 5.32 Å². The molecule has 2 atom stereocenters. The molecule has 0 unspecified atom stereocenters. The summed E-state index contributed by atoms with van der Waals surface area (Å²) >= 11 is 0. The number of hydrogen-bond donors (Lipinski definition) is 2. The van der Waals surface area contributed by atoms with Gasteiger partial charge in [-0.15, -0.1) is 0 Å². The molecule has 1 aliphatic heterocycles. The predicted octanol–water partition coefficient (Wildman–Crippen LogP) is 3.19. The van der Waals surface area contributed by atoms with Crippen LogP contribution in [0.15, 0.2) is 24.3 Å². The van der Waals surface area contributed by atoms with Crippen LogP contribution in [0.1, 0.15) is 38.5 Å². The van der Waals surface area contributed by atoms with E-state index in [0.29, 0.717) is 5.92 Å². The maximum Gasteiger partial charge on any atom is 0.232 e. The second-order valence-corrected chi connectivity index (χ2v) is 7.46. The van der Waals surface area contributed by atoms with E-state index < -0.39 is 0 Å². The van der Waals surface area contributed by atoms with E-state index in [-0.39, 0.29) is 11.3 Å². The van der Waals surface area contributed by atoms with E-state index in [4.69, 9.17) is 4.74 Å². The first-order valence-corrected chi connectivity index (χ1v) is 9.01. The number of rotatable bonds is 5. The molecular formula is C19H26N2O2. The average molecular weight is 314 g/mol. The van der Waals surface area contributed by atoms with Gasteiger partial charge in [-0.2, -0.15) is 0 Å². The van der Waals surface area contributed by atoms with Crippen LogP contribution in [-0.2, 0) is 4.79 Å². The van der Waals surface area contributed by atoms with Crippen molar-refractivity contribution in [2.75, 3.05) is 25.0 Å². The minimum absolute atomic E-state index is 0.193. The quantitative estimate of drug-likeness (QED) is 0.877.